The van der Waals surface area contributed by atoms with E-state index in [0.29, 0.717) is 5.56 Å². The van der Waals surface area contributed by atoms with Crippen LogP contribution in [0.1, 0.15) is 13.7 Å². The molecule has 0 saturated heterocycles. The van der Waals surface area contributed by atoms with E-state index in [2.05, 4.69) is 48.5 Å². The van der Waals surface area contributed by atoms with Gasteiger partial charge in [-0.1, -0.05) is 170 Å². The van der Waals surface area contributed by atoms with Crippen molar-refractivity contribution in [3.63, 3.8) is 0 Å². The summed E-state index contributed by atoms with van der Waals surface area (Å²) in [5, 5.41) is 5.61. The Balaban J connectivity index is 1.28. The fourth-order valence-electron chi connectivity index (χ4n) is 7.47. The Labute approximate surface area is 310 Å². The monoisotopic (exact) mass is 658 g/mol. The van der Waals surface area contributed by atoms with Gasteiger partial charge in [0.15, 0.2) is 0 Å². The van der Waals surface area contributed by atoms with E-state index in [1.807, 2.05) is 66.7 Å². The summed E-state index contributed by atoms with van der Waals surface area (Å²) in [7, 11) is 0. The van der Waals surface area contributed by atoms with Crippen molar-refractivity contribution in [3.8, 4) is 55.6 Å². The quantitative estimate of drug-likeness (QED) is 0.168. The molecule has 1 heteroatoms. The largest absolute Gasteiger partial charge is 0.456 e. The average Bonchev–Trinajstić information content (AvgIpc) is 3.67. The van der Waals surface area contributed by atoms with Gasteiger partial charge in [0.1, 0.15) is 11.2 Å². The Morgan fingerprint density at radius 2 is 0.922 bits per heavy atom. The molecule has 238 valence electrons. The van der Waals surface area contributed by atoms with E-state index in [1.54, 1.807) is 18.2 Å². The number of fused-ring (bicyclic) bond motifs is 5. The summed E-state index contributed by atoms with van der Waals surface area (Å²) in [6.45, 7) is 0. The maximum absolute atomic E-state index is 9.01. The number of hydrogen-bond acceptors (Lipinski definition) is 1. The van der Waals surface area contributed by atoms with Crippen molar-refractivity contribution in [2.75, 3.05) is 0 Å². The molecule has 0 saturated carbocycles. The van der Waals surface area contributed by atoms with Gasteiger partial charge in [-0.05, 0) is 101 Å². The van der Waals surface area contributed by atoms with E-state index in [9.17, 15) is 0 Å². The van der Waals surface area contributed by atoms with Crippen LogP contribution < -0.4 is 0 Å². The Bertz CT molecular complexity index is 3370. The summed E-state index contributed by atoms with van der Waals surface area (Å²) in [6.07, 6.45) is 0. The van der Waals surface area contributed by atoms with Gasteiger partial charge < -0.3 is 4.42 Å². The van der Waals surface area contributed by atoms with Gasteiger partial charge in [0.2, 0.25) is 0 Å². The van der Waals surface area contributed by atoms with Crippen LogP contribution in [-0.4, -0.2) is 0 Å². The van der Waals surface area contributed by atoms with Crippen LogP contribution in [0.2, 0.25) is 0 Å². The highest BCUT2D eigenvalue weighted by molar-refractivity contribution is 6.25. The number of furan rings is 1. The van der Waals surface area contributed by atoms with Gasteiger partial charge >= 0.3 is 0 Å². The lowest BCUT2D eigenvalue weighted by Crippen LogP contribution is -1.93. The first-order valence-electron chi connectivity index (χ1n) is 21.7. The second kappa shape index (κ2) is 12.0. The standard InChI is InChI=1S/C50H32O/c1-4-15-33(16-5-1)36-27-30-43-47(32-36)51-46-26-14-25-44(50(43)46)49-41-23-12-10-21-39(41)48(40-22-11-13-24-42(40)49)37-28-29-38(34-17-6-2-7-18-34)45(31-37)35-19-8-3-9-20-35/h1-32H/i2D,3D,6D,7D,8D,9D,17D,18D,19D,20D. The molecule has 1 heterocycles. The Morgan fingerprint density at radius 3 is 1.59 bits per heavy atom. The minimum absolute atomic E-state index is 0.134. The van der Waals surface area contributed by atoms with Crippen LogP contribution in [0.4, 0.5) is 0 Å². The molecule has 0 atom stereocenters. The van der Waals surface area contributed by atoms with Crippen LogP contribution in [0, 0.1) is 0 Å². The highest BCUT2D eigenvalue weighted by atomic mass is 16.3. The number of hydrogen-bond donors (Lipinski definition) is 0. The fourth-order valence-corrected chi connectivity index (χ4v) is 7.47. The van der Waals surface area contributed by atoms with Gasteiger partial charge in [-0.25, -0.2) is 0 Å². The van der Waals surface area contributed by atoms with Crippen molar-refractivity contribution in [3.05, 3.63) is 194 Å². The summed E-state index contributed by atoms with van der Waals surface area (Å²) < 4.78 is 92.8. The third-order valence-electron chi connectivity index (χ3n) is 9.65. The first-order valence-corrected chi connectivity index (χ1v) is 16.7. The topological polar surface area (TPSA) is 13.1 Å². The summed E-state index contributed by atoms with van der Waals surface area (Å²) in [5.74, 6) is 0. The molecule has 0 bridgehead atoms. The summed E-state index contributed by atoms with van der Waals surface area (Å²) in [4.78, 5) is 0. The van der Waals surface area contributed by atoms with Crippen LogP contribution >= 0.6 is 0 Å². The zero-order chi connectivity index (χ0) is 42.4. The molecular formula is C50H32O. The van der Waals surface area contributed by atoms with Gasteiger partial charge in [0, 0.05) is 10.8 Å². The number of benzene rings is 9. The SMILES string of the molecule is [2H]c1c([2H])c([2H])c(-c2ccc(-c3c4ccccc4c(-c4cccc5oc6cc(-c7ccccc7)ccc6c45)c4ccccc34)cc2-c2c([2H])c([2H])c([2H])c([2H])c2[2H])c([2H])c1[2H]. The summed E-state index contributed by atoms with van der Waals surface area (Å²) >= 11 is 0. The molecule has 10 rings (SSSR count). The van der Waals surface area contributed by atoms with Gasteiger partial charge in [-0.15, -0.1) is 0 Å². The Hall–Kier alpha value is -6.70. The molecule has 0 fully saturated rings. The highest BCUT2D eigenvalue weighted by Crippen LogP contribution is 2.48. The molecular weight excluding hydrogens is 617 g/mol. The maximum Gasteiger partial charge on any atom is 0.136 e. The Kier molecular flexibility index (Phi) is 4.88. The predicted octanol–water partition coefficient (Wildman–Crippen LogP) is 14.2. The van der Waals surface area contributed by atoms with Crippen LogP contribution in [0.3, 0.4) is 0 Å². The fraction of sp³-hybridized carbons (Fsp3) is 0. The van der Waals surface area contributed by atoms with Gasteiger partial charge in [0.05, 0.1) is 13.7 Å². The van der Waals surface area contributed by atoms with Crippen LogP contribution in [0.25, 0.3) is 99.1 Å². The molecule has 0 aliphatic heterocycles. The lowest BCUT2D eigenvalue weighted by Gasteiger charge is -2.19. The van der Waals surface area contributed by atoms with E-state index >= 15 is 0 Å². The van der Waals surface area contributed by atoms with E-state index in [-0.39, 0.29) is 22.3 Å². The van der Waals surface area contributed by atoms with Crippen LogP contribution in [-0.2, 0) is 0 Å². The van der Waals surface area contributed by atoms with E-state index in [1.165, 1.54) is 0 Å². The van der Waals surface area contributed by atoms with E-state index in [0.717, 1.165) is 71.3 Å². The van der Waals surface area contributed by atoms with Crippen LogP contribution in [0.15, 0.2) is 198 Å². The molecule has 1 aromatic heterocycles. The predicted molar refractivity (Wildman–Crippen MR) is 216 cm³/mol. The molecule has 0 amide bonds. The molecule has 0 aliphatic rings. The van der Waals surface area contributed by atoms with E-state index in [4.69, 9.17) is 18.1 Å². The molecule has 9 aromatic carbocycles. The highest BCUT2D eigenvalue weighted by Gasteiger charge is 2.21. The molecule has 1 nitrogen and oxygen atoms in total. The molecule has 10 aromatic rings. The zero-order valence-electron chi connectivity index (χ0n) is 37.1. The number of rotatable bonds is 5. The van der Waals surface area contributed by atoms with Crippen molar-refractivity contribution in [1.29, 1.82) is 0 Å². The Morgan fingerprint density at radius 1 is 0.333 bits per heavy atom. The third-order valence-corrected chi connectivity index (χ3v) is 9.65. The van der Waals surface area contributed by atoms with Crippen molar-refractivity contribution >= 4 is 43.5 Å². The minimum Gasteiger partial charge on any atom is -0.456 e. The van der Waals surface area contributed by atoms with Gasteiger partial charge in [-0.2, -0.15) is 0 Å². The lowest BCUT2D eigenvalue weighted by molar-refractivity contribution is 0.669. The molecule has 0 N–H and O–H groups in total. The maximum atomic E-state index is 9.01. The molecule has 0 aliphatic carbocycles. The van der Waals surface area contributed by atoms with E-state index < -0.39 is 60.4 Å². The average molecular weight is 659 g/mol. The molecule has 0 spiro atoms. The molecule has 0 radical (unpaired) electrons. The third kappa shape index (κ3) is 4.86. The normalized spacial score (nSPS) is 14.3. The first kappa shape index (κ1) is 20.7. The van der Waals surface area contributed by atoms with Gasteiger partial charge in [0.25, 0.3) is 0 Å². The molecule has 51 heavy (non-hydrogen) atoms. The molecule has 0 unspecified atom stereocenters. The van der Waals surface area contributed by atoms with Crippen molar-refractivity contribution in [2.45, 2.75) is 0 Å². The van der Waals surface area contributed by atoms with Crippen molar-refractivity contribution < 1.29 is 18.1 Å². The summed E-state index contributed by atoms with van der Waals surface area (Å²) in [5.41, 5.74) is 7.09. The first-order chi connectivity index (χ1) is 29.5. The second-order valence-electron chi connectivity index (χ2n) is 12.5. The van der Waals surface area contributed by atoms with Gasteiger partial charge in [-0.3, -0.25) is 0 Å². The smallest absolute Gasteiger partial charge is 0.136 e. The zero-order valence-corrected chi connectivity index (χ0v) is 27.1. The second-order valence-corrected chi connectivity index (χ2v) is 12.5. The van der Waals surface area contributed by atoms with Crippen molar-refractivity contribution in [1.82, 2.24) is 0 Å². The van der Waals surface area contributed by atoms with Crippen LogP contribution in [0.5, 0.6) is 0 Å². The summed E-state index contributed by atoms with van der Waals surface area (Å²) in [6, 6.07) is 38.6. The minimum atomic E-state index is -0.566. The van der Waals surface area contributed by atoms with Crippen molar-refractivity contribution in [2.24, 2.45) is 0 Å². The lowest BCUT2D eigenvalue weighted by atomic mass is 9.83.